The lowest BCUT2D eigenvalue weighted by Gasteiger charge is -2.11. The van der Waals surface area contributed by atoms with Crippen molar-refractivity contribution in [2.24, 2.45) is 0 Å². The van der Waals surface area contributed by atoms with E-state index in [0.29, 0.717) is 34.9 Å². The Kier molecular flexibility index (Phi) is 6.41. The summed E-state index contributed by atoms with van der Waals surface area (Å²) in [5.74, 6) is -1.17. The van der Waals surface area contributed by atoms with Crippen molar-refractivity contribution in [1.29, 1.82) is 0 Å². The van der Waals surface area contributed by atoms with Gasteiger partial charge in [-0.1, -0.05) is 23.9 Å². The Balaban J connectivity index is 1.46. The average Bonchev–Trinajstić information content (AvgIpc) is 3.30. The van der Waals surface area contributed by atoms with Crippen molar-refractivity contribution in [2.45, 2.75) is 17.6 Å². The van der Waals surface area contributed by atoms with Crippen molar-refractivity contribution in [3.05, 3.63) is 84.7 Å². The van der Waals surface area contributed by atoms with Crippen LogP contribution in [0.2, 0.25) is 0 Å². The molecule has 0 atom stereocenters. The molecule has 2 heterocycles. The third kappa shape index (κ3) is 5.27. The van der Waals surface area contributed by atoms with Crippen molar-refractivity contribution >= 4 is 34.9 Å². The van der Waals surface area contributed by atoms with E-state index in [-0.39, 0.29) is 10.5 Å². The Labute approximate surface area is 186 Å². The Bertz CT molecular complexity index is 1220. The summed E-state index contributed by atoms with van der Waals surface area (Å²) in [4.78, 5) is 25.6. The van der Waals surface area contributed by atoms with Crippen LogP contribution in [0, 0.1) is 6.92 Å². The second kappa shape index (κ2) is 9.56. The molecule has 0 saturated carbocycles. The fourth-order valence-electron chi connectivity index (χ4n) is 2.98. The van der Waals surface area contributed by atoms with E-state index in [4.69, 9.17) is 0 Å². The normalized spacial score (nSPS) is 10.9. The smallest absolute Gasteiger partial charge is 0.288 e. The van der Waals surface area contributed by atoms with Crippen LogP contribution >= 0.6 is 11.8 Å². The van der Waals surface area contributed by atoms with Crippen LogP contribution in [0.15, 0.2) is 78.2 Å². The lowest BCUT2D eigenvalue weighted by atomic mass is 10.2. The maximum Gasteiger partial charge on any atom is 0.288 e. The van der Waals surface area contributed by atoms with E-state index in [1.165, 1.54) is 12.1 Å². The summed E-state index contributed by atoms with van der Waals surface area (Å²) in [6.07, 6.45) is 5.12. The number of alkyl halides is 2. The zero-order chi connectivity index (χ0) is 22.5. The highest BCUT2D eigenvalue weighted by atomic mass is 32.2. The Hall–Kier alpha value is -3.79. The van der Waals surface area contributed by atoms with Gasteiger partial charge in [-0.25, -0.2) is 15.0 Å². The Morgan fingerprint density at radius 3 is 2.53 bits per heavy atom. The van der Waals surface area contributed by atoms with Crippen molar-refractivity contribution in [1.82, 2.24) is 19.5 Å². The molecule has 0 bridgehead atoms. The number of imidazole rings is 1. The second-order valence-electron chi connectivity index (χ2n) is 6.66. The van der Waals surface area contributed by atoms with Gasteiger partial charge in [0.1, 0.15) is 23.8 Å². The van der Waals surface area contributed by atoms with Crippen molar-refractivity contribution < 1.29 is 13.6 Å². The molecule has 0 aliphatic heterocycles. The van der Waals surface area contributed by atoms with Crippen LogP contribution in [-0.4, -0.2) is 31.2 Å². The summed E-state index contributed by atoms with van der Waals surface area (Å²) in [7, 11) is 0. The topological polar surface area (TPSA) is 84.7 Å². The number of halogens is 2. The molecule has 0 fully saturated rings. The molecule has 0 saturated heterocycles. The molecule has 1 amide bonds. The summed E-state index contributed by atoms with van der Waals surface area (Å²) < 4.78 is 27.3. The molecule has 0 radical (unpaired) electrons. The quantitative estimate of drug-likeness (QED) is 0.371. The second-order valence-corrected chi connectivity index (χ2v) is 7.69. The fraction of sp³-hybridized carbons (Fsp3) is 0.0909. The van der Waals surface area contributed by atoms with Gasteiger partial charge in [-0.05, 0) is 43.3 Å². The molecular formula is C22H18F2N6OS. The maximum absolute atomic E-state index is 12.8. The molecule has 2 N–H and O–H groups in total. The number of aryl methyl sites for hydroxylation is 1. The van der Waals surface area contributed by atoms with Gasteiger partial charge in [0.25, 0.3) is 11.7 Å². The largest absolute Gasteiger partial charge is 0.340 e. The number of hydrogen-bond acceptors (Lipinski definition) is 6. The van der Waals surface area contributed by atoms with E-state index in [9.17, 15) is 13.6 Å². The van der Waals surface area contributed by atoms with Crippen LogP contribution in [-0.2, 0) is 0 Å². The highest BCUT2D eigenvalue weighted by Crippen LogP contribution is 2.29. The lowest BCUT2D eigenvalue weighted by molar-refractivity contribution is 0.102. The number of amides is 1. The summed E-state index contributed by atoms with van der Waals surface area (Å²) in [5, 5.41) is 5.94. The summed E-state index contributed by atoms with van der Waals surface area (Å²) >= 11 is 0.347. The number of anilines is 3. The molecule has 7 nitrogen and oxygen atoms in total. The van der Waals surface area contributed by atoms with Gasteiger partial charge in [0, 0.05) is 34.7 Å². The molecule has 162 valence electrons. The van der Waals surface area contributed by atoms with E-state index in [2.05, 4.69) is 25.6 Å². The van der Waals surface area contributed by atoms with E-state index >= 15 is 0 Å². The van der Waals surface area contributed by atoms with Gasteiger partial charge >= 0.3 is 0 Å². The summed E-state index contributed by atoms with van der Waals surface area (Å²) in [6.45, 7) is 1.80. The minimum absolute atomic E-state index is 0.198. The Morgan fingerprint density at radius 2 is 1.81 bits per heavy atom. The zero-order valence-corrected chi connectivity index (χ0v) is 17.7. The molecule has 0 aliphatic rings. The van der Waals surface area contributed by atoms with Gasteiger partial charge in [-0.3, -0.25) is 9.36 Å². The third-order valence-electron chi connectivity index (χ3n) is 4.36. The van der Waals surface area contributed by atoms with Crippen LogP contribution in [0.1, 0.15) is 16.2 Å². The van der Waals surface area contributed by atoms with Crippen molar-refractivity contribution in [3.63, 3.8) is 0 Å². The van der Waals surface area contributed by atoms with Gasteiger partial charge in [0.2, 0.25) is 0 Å². The van der Waals surface area contributed by atoms with E-state index in [1.807, 2.05) is 0 Å². The van der Waals surface area contributed by atoms with E-state index in [0.717, 1.165) is 5.69 Å². The van der Waals surface area contributed by atoms with Gasteiger partial charge in [-0.15, -0.1) is 0 Å². The molecule has 0 spiro atoms. The molecule has 2 aromatic heterocycles. The van der Waals surface area contributed by atoms with Gasteiger partial charge < -0.3 is 10.6 Å². The highest BCUT2D eigenvalue weighted by molar-refractivity contribution is 7.99. The molecule has 4 aromatic rings. The van der Waals surface area contributed by atoms with Crippen LogP contribution in [0.4, 0.5) is 26.0 Å². The number of nitrogens with one attached hydrogen (secondary N) is 2. The van der Waals surface area contributed by atoms with Crippen molar-refractivity contribution in [2.75, 3.05) is 10.6 Å². The molecule has 0 unspecified atom stereocenters. The number of rotatable bonds is 7. The van der Waals surface area contributed by atoms with Gasteiger partial charge in [0.15, 0.2) is 0 Å². The average molecular weight is 452 g/mol. The first-order chi connectivity index (χ1) is 15.5. The Morgan fingerprint density at radius 1 is 1.06 bits per heavy atom. The first kappa shape index (κ1) is 21.4. The van der Waals surface area contributed by atoms with Gasteiger partial charge in [0.05, 0.1) is 5.56 Å². The molecular weight excluding hydrogens is 434 g/mol. The number of thioether (sulfide) groups is 1. The molecule has 4 rings (SSSR count). The summed E-state index contributed by atoms with van der Waals surface area (Å²) in [5.41, 5.74) is 1.49. The van der Waals surface area contributed by atoms with Crippen LogP contribution < -0.4 is 10.6 Å². The van der Waals surface area contributed by atoms with E-state index < -0.39 is 11.7 Å². The molecule has 10 heteroatoms. The van der Waals surface area contributed by atoms with Crippen molar-refractivity contribution in [3.8, 4) is 5.82 Å². The van der Waals surface area contributed by atoms with Crippen LogP contribution in [0.3, 0.4) is 0 Å². The van der Waals surface area contributed by atoms with Crippen LogP contribution in [0.5, 0.6) is 0 Å². The standard InChI is InChI=1S/C22H18F2N6OS/c1-14-26-19(12-20(27-14)30-11-10-25-13-30)28-15-6-8-16(9-7-15)29-21(31)17-4-2-3-5-18(17)32-22(23)24/h2-13,22H,1H3,(H,29,31)(H,26,27,28). The SMILES string of the molecule is Cc1nc(Nc2ccc(NC(=O)c3ccccc3SC(F)F)cc2)cc(-n2ccnc2)n1. The zero-order valence-electron chi connectivity index (χ0n) is 16.9. The first-order valence-electron chi connectivity index (χ1n) is 9.54. The number of nitrogens with zero attached hydrogens (tertiary/aromatic N) is 4. The number of hydrogen-bond donors (Lipinski definition) is 2. The monoisotopic (exact) mass is 452 g/mol. The summed E-state index contributed by atoms with van der Waals surface area (Å²) in [6, 6.07) is 15.1. The number of aromatic nitrogens is 4. The third-order valence-corrected chi connectivity index (χ3v) is 5.14. The minimum atomic E-state index is -2.60. The number of carbonyl (C=O) groups excluding carboxylic acids is 1. The number of benzene rings is 2. The molecule has 2 aromatic carbocycles. The predicted octanol–water partition coefficient (Wildman–Crippen LogP) is 5.28. The van der Waals surface area contributed by atoms with Gasteiger partial charge in [-0.2, -0.15) is 8.78 Å². The fourth-order valence-corrected chi connectivity index (χ4v) is 3.62. The predicted molar refractivity (Wildman–Crippen MR) is 120 cm³/mol. The van der Waals surface area contributed by atoms with Crippen LogP contribution in [0.25, 0.3) is 5.82 Å². The molecule has 32 heavy (non-hydrogen) atoms. The maximum atomic E-state index is 12.8. The minimum Gasteiger partial charge on any atom is -0.340 e. The highest BCUT2D eigenvalue weighted by Gasteiger charge is 2.15. The number of carbonyl (C=O) groups is 1. The molecule has 0 aliphatic carbocycles. The lowest BCUT2D eigenvalue weighted by Crippen LogP contribution is -2.13. The van der Waals surface area contributed by atoms with E-state index in [1.54, 1.807) is 72.7 Å². The first-order valence-corrected chi connectivity index (χ1v) is 10.4.